The van der Waals surface area contributed by atoms with E-state index in [0.29, 0.717) is 24.1 Å². The highest BCUT2D eigenvalue weighted by molar-refractivity contribution is 6.05. The summed E-state index contributed by atoms with van der Waals surface area (Å²) in [6.07, 6.45) is 2.19. The van der Waals surface area contributed by atoms with Crippen molar-refractivity contribution in [2.75, 3.05) is 26.7 Å². The van der Waals surface area contributed by atoms with Crippen molar-refractivity contribution in [3.05, 3.63) is 35.5 Å². The standard InChI is InChI=1S/C22H32N2O3/c1-15(17-10-12-23(13-11-17)14-22(3,4)26)24-16(2)20(21(25)27-5)18-8-6-7-9-19(18)24/h6-9,15,17,26H,10-14H2,1-5H3. The quantitative estimate of drug-likeness (QED) is 0.812. The molecule has 1 aromatic heterocycles. The lowest BCUT2D eigenvalue weighted by molar-refractivity contribution is 0.0214. The SMILES string of the molecule is COC(=O)c1c(C)n(C(C)C2CCN(CC(C)(C)O)CC2)c2ccccc12. The Balaban J connectivity index is 1.86. The summed E-state index contributed by atoms with van der Waals surface area (Å²) < 4.78 is 7.36. The van der Waals surface area contributed by atoms with Crippen molar-refractivity contribution in [3.63, 3.8) is 0 Å². The van der Waals surface area contributed by atoms with Gasteiger partial charge in [0.1, 0.15) is 0 Å². The van der Waals surface area contributed by atoms with Gasteiger partial charge in [-0.3, -0.25) is 0 Å². The van der Waals surface area contributed by atoms with Crippen LogP contribution in [0.1, 0.15) is 55.7 Å². The van der Waals surface area contributed by atoms with Gasteiger partial charge in [-0.15, -0.1) is 0 Å². The second-order valence-electron chi connectivity index (χ2n) is 8.51. The Morgan fingerprint density at radius 3 is 2.52 bits per heavy atom. The van der Waals surface area contributed by atoms with Crippen LogP contribution in [0.2, 0.25) is 0 Å². The van der Waals surface area contributed by atoms with Crippen LogP contribution >= 0.6 is 0 Å². The molecule has 5 heteroatoms. The molecule has 0 radical (unpaired) electrons. The lowest BCUT2D eigenvalue weighted by atomic mass is 9.89. The number of carbonyl (C=O) groups is 1. The van der Waals surface area contributed by atoms with Crippen LogP contribution in [0.15, 0.2) is 24.3 Å². The highest BCUT2D eigenvalue weighted by atomic mass is 16.5. The Hall–Kier alpha value is -1.85. The molecule has 3 rings (SSSR count). The minimum atomic E-state index is -0.652. The first-order valence-electron chi connectivity index (χ1n) is 9.85. The van der Waals surface area contributed by atoms with E-state index in [1.165, 1.54) is 7.11 Å². The summed E-state index contributed by atoms with van der Waals surface area (Å²) in [6.45, 7) is 10.7. The smallest absolute Gasteiger partial charge is 0.340 e. The van der Waals surface area contributed by atoms with Crippen molar-refractivity contribution < 1.29 is 14.6 Å². The van der Waals surface area contributed by atoms with Crippen molar-refractivity contribution >= 4 is 16.9 Å². The van der Waals surface area contributed by atoms with E-state index >= 15 is 0 Å². The predicted octanol–water partition coefficient (Wildman–Crippen LogP) is 3.78. The number of hydrogen-bond acceptors (Lipinski definition) is 4. The molecule has 2 aromatic rings. The van der Waals surface area contributed by atoms with Crippen molar-refractivity contribution in [1.82, 2.24) is 9.47 Å². The second kappa shape index (κ2) is 7.64. The molecule has 0 saturated carbocycles. The summed E-state index contributed by atoms with van der Waals surface area (Å²) in [5.74, 6) is 0.276. The molecule has 1 N–H and O–H groups in total. The third-order valence-electron chi connectivity index (χ3n) is 5.88. The third kappa shape index (κ3) is 4.04. The molecule has 2 heterocycles. The lowest BCUT2D eigenvalue weighted by Crippen LogP contribution is -2.43. The number of para-hydroxylation sites is 1. The number of aromatic nitrogens is 1. The van der Waals surface area contributed by atoms with Gasteiger partial charge in [-0.05, 0) is 65.6 Å². The number of hydrogen-bond donors (Lipinski definition) is 1. The number of aliphatic hydroxyl groups is 1. The van der Waals surface area contributed by atoms with Gasteiger partial charge in [0.25, 0.3) is 0 Å². The zero-order chi connectivity index (χ0) is 19.8. The molecule has 1 saturated heterocycles. The number of ether oxygens (including phenoxy) is 1. The number of carbonyl (C=O) groups excluding carboxylic acids is 1. The summed E-state index contributed by atoms with van der Waals surface area (Å²) >= 11 is 0. The van der Waals surface area contributed by atoms with Crippen LogP contribution < -0.4 is 0 Å². The maximum Gasteiger partial charge on any atom is 0.340 e. The van der Waals surface area contributed by atoms with Gasteiger partial charge in [-0.2, -0.15) is 0 Å². The van der Waals surface area contributed by atoms with Crippen LogP contribution in [0.4, 0.5) is 0 Å². The van der Waals surface area contributed by atoms with E-state index in [4.69, 9.17) is 4.74 Å². The molecular weight excluding hydrogens is 340 g/mol. The molecule has 0 bridgehead atoms. The molecule has 1 aromatic carbocycles. The predicted molar refractivity (Wildman–Crippen MR) is 108 cm³/mol. The molecule has 27 heavy (non-hydrogen) atoms. The first-order valence-corrected chi connectivity index (χ1v) is 9.85. The van der Waals surface area contributed by atoms with Gasteiger partial charge in [0.2, 0.25) is 0 Å². The maximum absolute atomic E-state index is 12.4. The number of likely N-dealkylation sites (tertiary alicyclic amines) is 1. The van der Waals surface area contributed by atoms with Crippen LogP contribution in [0.25, 0.3) is 10.9 Å². The zero-order valence-corrected chi connectivity index (χ0v) is 17.2. The van der Waals surface area contributed by atoms with Gasteiger partial charge in [-0.25, -0.2) is 4.79 Å². The maximum atomic E-state index is 12.4. The first kappa shape index (κ1) is 19.9. The number of piperidine rings is 1. The van der Waals surface area contributed by atoms with E-state index < -0.39 is 5.60 Å². The van der Waals surface area contributed by atoms with Gasteiger partial charge in [0.05, 0.1) is 18.3 Å². The summed E-state index contributed by atoms with van der Waals surface area (Å²) in [6, 6.07) is 8.40. The van der Waals surface area contributed by atoms with Crippen LogP contribution in [0.3, 0.4) is 0 Å². The van der Waals surface area contributed by atoms with Gasteiger partial charge in [0.15, 0.2) is 0 Å². The zero-order valence-electron chi connectivity index (χ0n) is 17.2. The Morgan fingerprint density at radius 1 is 1.30 bits per heavy atom. The summed E-state index contributed by atoms with van der Waals surface area (Å²) in [5, 5.41) is 11.0. The van der Waals surface area contributed by atoms with Gasteiger partial charge >= 0.3 is 5.97 Å². The van der Waals surface area contributed by atoms with Crippen molar-refractivity contribution in [1.29, 1.82) is 0 Å². The Morgan fingerprint density at radius 2 is 1.93 bits per heavy atom. The fourth-order valence-corrected chi connectivity index (χ4v) is 4.63. The van der Waals surface area contributed by atoms with Gasteiger partial charge in [-0.1, -0.05) is 18.2 Å². The molecule has 1 atom stereocenters. The van der Waals surface area contributed by atoms with E-state index in [-0.39, 0.29) is 5.97 Å². The first-order chi connectivity index (χ1) is 12.7. The van der Waals surface area contributed by atoms with Crippen LogP contribution in [-0.4, -0.2) is 52.9 Å². The molecule has 5 nitrogen and oxygen atoms in total. The summed E-state index contributed by atoms with van der Waals surface area (Å²) in [4.78, 5) is 14.7. The third-order valence-corrected chi connectivity index (χ3v) is 5.88. The average molecular weight is 373 g/mol. The summed E-state index contributed by atoms with van der Waals surface area (Å²) in [5.41, 5.74) is 2.11. The topological polar surface area (TPSA) is 54.7 Å². The monoisotopic (exact) mass is 372 g/mol. The highest BCUT2D eigenvalue weighted by Crippen LogP contribution is 2.36. The van der Waals surface area contributed by atoms with Crippen molar-refractivity contribution in [3.8, 4) is 0 Å². The van der Waals surface area contributed by atoms with Gasteiger partial charge in [0, 0.05) is 29.2 Å². The molecule has 0 amide bonds. The van der Waals surface area contributed by atoms with E-state index in [1.807, 2.05) is 39.0 Å². The Labute approximate surface area is 161 Å². The Bertz CT molecular complexity index is 811. The number of esters is 1. The molecule has 0 spiro atoms. The molecule has 1 unspecified atom stereocenters. The van der Waals surface area contributed by atoms with E-state index in [9.17, 15) is 9.90 Å². The molecule has 1 fully saturated rings. The summed E-state index contributed by atoms with van der Waals surface area (Å²) in [7, 11) is 1.44. The number of β-amino-alcohol motifs (C(OH)–C–C–N with tert-alkyl or cyclic N) is 1. The van der Waals surface area contributed by atoms with E-state index in [2.05, 4.69) is 22.5 Å². The number of methoxy groups -OCH3 is 1. The normalized spacial score (nSPS) is 18.0. The Kier molecular flexibility index (Phi) is 5.63. The highest BCUT2D eigenvalue weighted by Gasteiger charge is 2.30. The number of fused-ring (bicyclic) bond motifs is 1. The number of benzene rings is 1. The fourth-order valence-electron chi connectivity index (χ4n) is 4.63. The number of nitrogens with zero attached hydrogens (tertiary/aromatic N) is 2. The largest absolute Gasteiger partial charge is 0.465 e. The lowest BCUT2D eigenvalue weighted by Gasteiger charge is -2.38. The van der Waals surface area contributed by atoms with Crippen LogP contribution in [0, 0.1) is 12.8 Å². The van der Waals surface area contributed by atoms with Crippen molar-refractivity contribution in [2.45, 2.75) is 52.2 Å². The molecule has 1 aliphatic rings. The van der Waals surface area contributed by atoms with Crippen LogP contribution in [0.5, 0.6) is 0 Å². The minimum Gasteiger partial charge on any atom is -0.465 e. The molecule has 148 valence electrons. The molecular formula is C22H32N2O3. The number of rotatable bonds is 5. The van der Waals surface area contributed by atoms with Crippen LogP contribution in [-0.2, 0) is 4.74 Å². The molecule has 0 aliphatic carbocycles. The van der Waals surface area contributed by atoms with Crippen molar-refractivity contribution in [2.24, 2.45) is 5.92 Å². The second-order valence-corrected chi connectivity index (χ2v) is 8.51. The molecule has 1 aliphatic heterocycles. The van der Waals surface area contributed by atoms with Gasteiger partial charge < -0.3 is 19.3 Å². The van der Waals surface area contributed by atoms with E-state index in [1.54, 1.807) is 0 Å². The van der Waals surface area contributed by atoms with E-state index in [0.717, 1.165) is 42.5 Å². The fraction of sp³-hybridized carbons (Fsp3) is 0.591. The average Bonchev–Trinajstić information content (AvgIpc) is 2.91. The minimum absolute atomic E-state index is 0.269.